The maximum absolute atomic E-state index is 13.0. The van der Waals surface area contributed by atoms with Gasteiger partial charge in [-0.1, -0.05) is 12.1 Å². The van der Waals surface area contributed by atoms with Crippen LogP contribution < -0.4 is 4.90 Å². The van der Waals surface area contributed by atoms with Crippen molar-refractivity contribution in [3.63, 3.8) is 0 Å². The number of fused-ring (bicyclic) bond motifs is 1. The molecule has 1 unspecified atom stereocenters. The third kappa shape index (κ3) is 4.18. The topological polar surface area (TPSA) is 43.9 Å². The van der Waals surface area contributed by atoms with Crippen LogP contribution in [0.5, 0.6) is 0 Å². The average Bonchev–Trinajstić information content (AvgIpc) is 2.77. The van der Waals surface area contributed by atoms with Gasteiger partial charge in [0.2, 0.25) is 0 Å². The number of halogens is 3. The number of allylic oxidation sites excluding steroid dienone is 2. The molecule has 0 spiro atoms. The molecule has 2 amide bonds. The van der Waals surface area contributed by atoms with Crippen LogP contribution in [-0.2, 0) is 15.8 Å². The fraction of sp³-hybridized carbons (Fsp3) is 0.545. The summed E-state index contributed by atoms with van der Waals surface area (Å²) in [6, 6.07) is 5.21. The van der Waals surface area contributed by atoms with Crippen molar-refractivity contribution in [3.05, 3.63) is 41.6 Å². The first kappa shape index (κ1) is 20.8. The highest BCUT2D eigenvalue weighted by Gasteiger charge is 2.36. The summed E-state index contributed by atoms with van der Waals surface area (Å²) in [7, 11) is 0. The summed E-state index contributed by atoms with van der Waals surface area (Å²) in [5, 5.41) is 0. The Kier molecular flexibility index (Phi) is 5.75. The van der Waals surface area contributed by atoms with E-state index in [2.05, 4.69) is 6.08 Å². The molecular weight excluding hydrogens is 395 g/mol. The number of carbonyl (C=O) groups is 2. The summed E-state index contributed by atoms with van der Waals surface area (Å²) in [6.45, 7) is 2.00. The number of rotatable bonds is 1. The molecule has 8 heteroatoms. The van der Waals surface area contributed by atoms with E-state index in [0.29, 0.717) is 44.3 Å². The highest BCUT2D eigenvalue weighted by Crippen LogP contribution is 2.35. The first-order chi connectivity index (χ1) is 14.3. The molecule has 0 saturated carbocycles. The number of amides is 2. The molecule has 162 valence electrons. The van der Waals surface area contributed by atoms with Gasteiger partial charge < -0.3 is 14.7 Å². The molecule has 3 aliphatic rings. The number of carbonyl (C=O) groups excluding carboxylic acids is 2. The van der Waals surface area contributed by atoms with Crippen LogP contribution in [0.15, 0.2) is 36.0 Å². The highest BCUT2D eigenvalue weighted by molar-refractivity contribution is 6.35. The molecule has 0 radical (unpaired) electrons. The van der Waals surface area contributed by atoms with Gasteiger partial charge in [0.05, 0.1) is 5.56 Å². The lowest BCUT2D eigenvalue weighted by molar-refractivity contribution is -0.151. The number of anilines is 1. The van der Waals surface area contributed by atoms with Crippen molar-refractivity contribution in [2.45, 2.75) is 38.3 Å². The Morgan fingerprint density at radius 2 is 1.67 bits per heavy atom. The zero-order valence-electron chi connectivity index (χ0n) is 16.8. The largest absolute Gasteiger partial charge is 0.416 e. The van der Waals surface area contributed by atoms with Gasteiger partial charge >= 0.3 is 18.0 Å². The molecule has 2 saturated heterocycles. The van der Waals surface area contributed by atoms with Crippen molar-refractivity contribution >= 4 is 17.5 Å². The van der Waals surface area contributed by atoms with E-state index in [1.165, 1.54) is 11.0 Å². The first-order valence-electron chi connectivity index (χ1n) is 10.6. The second-order valence-corrected chi connectivity index (χ2v) is 8.18. The van der Waals surface area contributed by atoms with Gasteiger partial charge in [-0.2, -0.15) is 13.2 Å². The zero-order valence-corrected chi connectivity index (χ0v) is 16.8. The number of benzene rings is 1. The SMILES string of the molecule is O=C(C(=O)N1CCCC2CCCC=C21)N1CCN(c2cccc(C(F)(F)F)c2)CC1. The summed E-state index contributed by atoms with van der Waals surface area (Å²) in [6.07, 6.45) is 2.83. The van der Waals surface area contributed by atoms with E-state index in [-0.39, 0.29) is 0 Å². The van der Waals surface area contributed by atoms with Gasteiger partial charge in [-0.3, -0.25) is 9.59 Å². The van der Waals surface area contributed by atoms with Gasteiger partial charge in [-0.05, 0) is 56.2 Å². The average molecular weight is 421 g/mol. The normalized spacial score (nSPS) is 22.4. The van der Waals surface area contributed by atoms with Crippen LogP contribution in [0.4, 0.5) is 18.9 Å². The number of hydrogen-bond donors (Lipinski definition) is 0. The molecule has 2 heterocycles. The lowest BCUT2D eigenvalue weighted by Crippen LogP contribution is -2.54. The molecule has 2 aliphatic heterocycles. The molecule has 0 bridgehead atoms. The quantitative estimate of drug-likeness (QED) is 0.650. The molecule has 1 aromatic rings. The van der Waals surface area contributed by atoms with Crippen molar-refractivity contribution in [2.24, 2.45) is 5.92 Å². The van der Waals surface area contributed by atoms with Crippen molar-refractivity contribution in [3.8, 4) is 0 Å². The molecule has 0 N–H and O–H groups in total. The van der Waals surface area contributed by atoms with Crippen LogP contribution in [0.1, 0.15) is 37.7 Å². The van der Waals surface area contributed by atoms with Crippen LogP contribution in [-0.4, -0.2) is 54.3 Å². The molecule has 1 atom stereocenters. The van der Waals surface area contributed by atoms with Crippen molar-refractivity contribution in [1.29, 1.82) is 0 Å². The first-order valence-corrected chi connectivity index (χ1v) is 10.6. The Hall–Kier alpha value is -2.51. The van der Waals surface area contributed by atoms with E-state index in [1.54, 1.807) is 11.0 Å². The maximum Gasteiger partial charge on any atom is 0.416 e. The van der Waals surface area contributed by atoms with Crippen LogP contribution >= 0.6 is 0 Å². The van der Waals surface area contributed by atoms with Crippen molar-refractivity contribution < 1.29 is 22.8 Å². The van der Waals surface area contributed by atoms with Gasteiger partial charge in [0.25, 0.3) is 0 Å². The summed E-state index contributed by atoms with van der Waals surface area (Å²) in [4.78, 5) is 30.8. The Bertz CT molecular complexity index is 844. The number of nitrogens with zero attached hydrogens (tertiary/aromatic N) is 3. The number of hydrogen-bond acceptors (Lipinski definition) is 3. The van der Waals surface area contributed by atoms with E-state index in [4.69, 9.17) is 0 Å². The predicted octanol–water partition coefficient (Wildman–Crippen LogP) is 3.66. The fourth-order valence-corrected chi connectivity index (χ4v) is 4.69. The van der Waals surface area contributed by atoms with Gasteiger partial charge in [0, 0.05) is 44.1 Å². The van der Waals surface area contributed by atoms with Gasteiger partial charge in [0.1, 0.15) is 0 Å². The van der Waals surface area contributed by atoms with E-state index in [9.17, 15) is 22.8 Å². The van der Waals surface area contributed by atoms with E-state index in [0.717, 1.165) is 49.9 Å². The zero-order chi connectivity index (χ0) is 21.3. The minimum atomic E-state index is -4.39. The van der Waals surface area contributed by atoms with Crippen LogP contribution in [0.25, 0.3) is 0 Å². The fourth-order valence-electron chi connectivity index (χ4n) is 4.69. The van der Waals surface area contributed by atoms with Crippen LogP contribution in [0.3, 0.4) is 0 Å². The molecule has 2 fully saturated rings. The van der Waals surface area contributed by atoms with Crippen LogP contribution in [0, 0.1) is 5.92 Å². The summed E-state index contributed by atoms with van der Waals surface area (Å²) >= 11 is 0. The Morgan fingerprint density at radius 3 is 2.40 bits per heavy atom. The molecular formula is C22H26F3N3O2. The van der Waals surface area contributed by atoms with Crippen molar-refractivity contribution in [2.75, 3.05) is 37.6 Å². The second-order valence-electron chi connectivity index (χ2n) is 8.18. The Balaban J connectivity index is 1.39. The smallest absolute Gasteiger partial charge is 0.368 e. The lowest BCUT2D eigenvalue weighted by atomic mass is 9.85. The molecule has 5 nitrogen and oxygen atoms in total. The van der Waals surface area contributed by atoms with Gasteiger partial charge in [-0.15, -0.1) is 0 Å². The van der Waals surface area contributed by atoms with Gasteiger partial charge in [0.15, 0.2) is 0 Å². The Morgan fingerprint density at radius 1 is 0.933 bits per heavy atom. The predicted molar refractivity (Wildman–Crippen MR) is 107 cm³/mol. The lowest BCUT2D eigenvalue weighted by Gasteiger charge is -2.40. The maximum atomic E-state index is 13.0. The second kappa shape index (κ2) is 8.32. The minimum absolute atomic E-state index is 0.317. The third-order valence-corrected chi connectivity index (χ3v) is 6.31. The number of piperidine rings is 1. The molecule has 1 aromatic carbocycles. The number of piperazine rings is 1. The van der Waals surface area contributed by atoms with Gasteiger partial charge in [-0.25, -0.2) is 0 Å². The van der Waals surface area contributed by atoms with Crippen molar-refractivity contribution in [1.82, 2.24) is 9.80 Å². The molecule has 30 heavy (non-hydrogen) atoms. The standard InChI is InChI=1S/C22H26F3N3O2/c23-22(24,25)17-7-3-8-18(15-17)26-11-13-27(14-12-26)20(29)21(30)28-10-4-6-16-5-1-2-9-19(16)28/h3,7-9,15-16H,1-2,4-6,10-14H2. The summed E-state index contributed by atoms with van der Waals surface area (Å²) in [5.74, 6) is -0.604. The molecule has 1 aliphatic carbocycles. The van der Waals surface area contributed by atoms with E-state index < -0.39 is 23.6 Å². The van der Waals surface area contributed by atoms with E-state index >= 15 is 0 Å². The monoisotopic (exact) mass is 421 g/mol. The third-order valence-electron chi connectivity index (χ3n) is 6.31. The summed E-state index contributed by atoms with van der Waals surface area (Å²) in [5.41, 5.74) is 0.803. The summed E-state index contributed by atoms with van der Waals surface area (Å²) < 4.78 is 38.9. The number of likely N-dealkylation sites (tertiary alicyclic amines) is 1. The molecule has 0 aromatic heterocycles. The Labute approximate surface area is 174 Å². The number of alkyl halides is 3. The van der Waals surface area contributed by atoms with E-state index in [1.807, 2.05) is 4.90 Å². The minimum Gasteiger partial charge on any atom is -0.368 e. The highest BCUT2D eigenvalue weighted by atomic mass is 19.4. The van der Waals surface area contributed by atoms with Crippen LogP contribution in [0.2, 0.25) is 0 Å². The molecule has 4 rings (SSSR count).